The minimum absolute atomic E-state index is 0.614. The van der Waals surface area contributed by atoms with E-state index in [-0.39, 0.29) is 0 Å². The number of nitrogens with two attached hydrogens (primary N) is 1. The Kier molecular flexibility index (Phi) is 3.33. The van der Waals surface area contributed by atoms with Crippen LogP contribution in [0, 0.1) is 12.3 Å². The minimum atomic E-state index is 0.614. The van der Waals surface area contributed by atoms with Crippen molar-refractivity contribution in [2.75, 3.05) is 23.7 Å². The molecule has 1 aliphatic carbocycles. The van der Waals surface area contributed by atoms with Gasteiger partial charge in [-0.05, 0) is 38.0 Å². The highest BCUT2D eigenvalue weighted by atomic mass is 15.2. The highest BCUT2D eigenvalue weighted by Crippen LogP contribution is 2.45. The molecule has 1 saturated heterocycles. The predicted molar refractivity (Wildman–Crippen MR) is 78.1 cm³/mol. The lowest BCUT2D eigenvalue weighted by Crippen LogP contribution is -2.41. The first-order chi connectivity index (χ1) is 9.20. The molecule has 0 bridgehead atoms. The Balaban J connectivity index is 1.71. The molecule has 104 valence electrons. The highest BCUT2D eigenvalue weighted by Gasteiger charge is 2.36. The molecular formula is C15H24N4. The van der Waals surface area contributed by atoms with Crippen molar-refractivity contribution in [3.63, 3.8) is 0 Å². The standard InChI is InChI=1S/C15H24N4/c1-12-13(16)17-11-18-14(12)19-9-7-15(8-10-19)5-3-2-4-6-15/h11H,2-10H2,1H3,(H2,16,17,18). The lowest BCUT2D eigenvalue weighted by atomic mass is 9.68. The number of hydrogen-bond donors (Lipinski definition) is 1. The van der Waals surface area contributed by atoms with Gasteiger partial charge in [0, 0.05) is 18.7 Å². The monoisotopic (exact) mass is 260 g/mol. The van der Waals surface area contributed by atoms with Gasteiger partial charge < -0.3 is 10.6 Å². The maximum absolute atomic E-state index is 5.89. The SMILES string of the molecule is Cc1c(N)ncnc1N1CCC2(CCCCC2)CC1. The first kappa shape index (κ1) is 12.7. The van der Waals surface area contributed by atoms with Crippen LogP contribution in [0.1, 0.15) is 50.5 Å². The Morgan fingerprint density at radius 3 is 2.42 bits per heavy atom. The molecule has 1 spiro atoms. The van der Waals surface area contributed by atoms with E-state index in [0.29, 0.717) is 11.2 Å². The van der Waals surface area contributed by atoms with Crippen LogP contribution in [0.3, 0.4) is 0 Å². The first-order valence-corrected chi connectivity index (χ1v) is 7.52. The third-order valence-corrected chi connectivity index (χ3v) is 5.13. The third-order valence-electron chi connectivity index (χ3n) is 5.13. The molecule has 0 aromatic carbocycles. The molecule has 19 heavy (non-hydrogen) atoms. The molecule has 1 saturated carbocycles. The fourth-order valence-electron chi connectivity index (χ4n) is 3.77. The van der Waals surface area contributed by atoms with Crippen LogP contribution in [-0.2, 0) is 0 Å². The molecule has 0 atom stereocenters. The van der Waals surface area contributed by atoms with Crippen LogP contribution >= 0.6 is 0 Å². The molecule has 1 aliphatic heterocycles. The maximum Gasteiger partial charge on any atom is 0.137 e. The van der Waals surface area contributed by atoms with Gasteiger partial charge in [-0.2, -0.15) is 0 Å². The lowest BCUT2D eigenvalue weighted by Gasteiger charge is -2.44. The van der Waals surface area contributed by atoms with Crippen molar-refractivity contribution < 1.29 is 0 Å². The number of rotatable bonds is 1. The van der Waals surface area contributed by atoms with Crippen LogP contribution in [0.15, 0.2) is 6.33 Å². The summed E-state index contributed by atoms with van der Waals surface area (Å²) in [5, 5.41) is 0. The van der Waals surface area contributed by atoms with Gasteiger partial charge >= 0.3 is 0 Å². The van der Waals surface area contributed by atoms with Crippen molar-refractivity contribution in [3.8, 4) is 0 Å². The number of nitrogens with zero attached hydrogens (tertiary/aromatic N) is 3. The van der Waals surface area contributed by atoms with E-state index in [9.17, 15) is 0 Å². The smallest absolute Gasteiger partial charge is 0.137 e. The van der Waals surface area contributed by atoms with Crippen molar-refractivity contribution in [2.24, 2.45) is 5.41 Å². The van der Waals surface area contributed by atoms with Gasteiger partial charge in [0.2, 0.25) is 0 Å². The Labute approximate surface area is 115 Å². The largest absolute Gasteiger partial charge is 0.383 e. The van der Waals surface area contributed by atoms with E-state index in [1.165, 1.54) is 44.9 Å². The van der Waals surface area contributed by atoms with Crippen LogP contribution in [0.25, 0.3) is 0 Å². The molecule has 2 N–H and O–H groups in total. The van der Waals surface area contributed by atoms with E-state index in [1.807, 2.05) is 6.92 Å². The van der Waals surface area contributed by atoms with E-state index >= 15 is 0 Å². The zero-order valence-electron chi connectivity index (χ0n) is 11.9. The minimum Gasteiger partial charge on any atom is -0.383 e. The fourth-order valence-corrected chi connectivity index (χ4v) is 3.77. The Morgan fingerprint density at radius 2 is 1.74 bits per heavy atom. The summed E-state index contributed by atoms with van der Waals surface area (Å²) in [4.78, 5) is 10.9. The van der Waals surface area contributed by atoms with Gasteiger partial charge in [-0.25, -0.2) is 9.97 Å². The molecule has 4 heteroatoms. The average Bonchev–Trinajstić information content (AvgIpc) is 2.44. The summed E-state index contributed by atoms with van der Waals surface area (Å²) in [7, 11) is 0. The average molecular weight is 260 g/mol. The molecule has 0 radical (unpaired) electrons. The molecule has 0 unspecified atom stereocenters. The molecule has 3 rings (SSSR count). The zero-order chi connectivity index (χ0) is 13.3. The van der Waals surface area contributed by atoms with Gasteiger partial charge in [0.05, 0.1) is 0 Å². The second-order valence-electron chi connectivity index (χ2n) is 6.26. The summed E-state index contributed by atoms with van der Waals surface area (Å²) < 4.78 is 0. The molecule has 0 amide bonds. The number of nitrogen functional groups attached to an aromatic ring is 1. The second kappa shape index (κ2) is 4.99. The van der Waals surface area contributed by atoms with Crippen LogP contribution < -0.4 is 10.6 Å². The van der Waals surface area contributed by atoms with Crippen molar-refractivity contribution >= 4 is 11.6 Å². The lowest BCUT2D eigenvalue weighted by molar-refractivity contribution is 0.144. The van der Waals surface area contributed by atoms with Crippen molar-refractivity contribution in [1.29, 1.82) is 0 Å². The summed E-state index contributed by atoms with van der Waals surface area (Å²) in [5.41, 5.74) is 7.56. The van der Waals surface area contributed by atoms with Crippen LogP contribution in [0.2, 0.25) is 0 Å². The zero-order valence-corrected chi connectivity index (χ0v) is 11.9. The topological polar surface area (TPSA) is 55.0 Å². The molecule has 2 heterocycles. The van der Waals surface area contributed by atoms with Gasteiger partial charge in [0.1, 0.15) is 18.0 Å². The maximum atomic E-state index is 5.89. The van der Waals surface area contributed by atoms with E-state index in [2.05, 4.69) is 14.9 Å². The summed E-state index contributed by atoms with van der Waals surface area (Å²) in [5.74, 6) is 1.65. The molecule has 1 aromatic rings. The summed E-state index contributed by atoms with van der Waals surface area (Å²) in [6.45, 7) is 4.27. The van der Waals surface area contributed by atoms with Crippen molar-refractivity contribution in [1.82, 2.24) is 9.97 Å². The van der Waals surface area contributed by atoms with Gasteiger partial charge in [-0.1, -0.05) is 19.3 Å². The fraction of sp³-hybridized carbons (Fsp3) is 0.733. The first-order valence-electron chi connectivity index (χ1n) is 7.52. The Bertz CT molecular complexity index is 441. The van der Waals surface area contributed by atoms with Crippen molar-refractivity contribution in [3.05, 3.63) is 11.9 Å². The van der Waals surface area contributed by atoms with Gasteiger partial charge in [-0.3, -0.25) is 0 Å². The van der Waals surface area contributed by atoms with E-state index in [0.717, 1.165) is 24.5 Å². The number of anilines is 2. The van der Waals surface area contributed by atoms with E-state index in [4.69, 9.17) is 5.73 Å². The summed E-state index contributed by atoms with van der Waals surface area (Å²) in [6.07, 6.45) is 11.4. The normalized spacial score (nSPS) is 22.7. The van der Waals surface area contributed by atoms with E-state index < -0.39 is 0 Å². The Hall–Kier alpha value is -1.32. The van der Waals surface area contributed by atoms with Gasteiger partial charge in [0.15, 0.2) is 0 Å². The molecule has 2 fully saturated rings. The number of piperidine rings is 1. The third kappa shape index (κ3) is 2.40. The summed E-state index contributed by atoms with van der Waals surface area (Å²) >= 11 is 0. The van der Waals surface area contributed by atoms with Gasteiger partial charge in [0.25, 0.3) is 0 Å². The predicted octanol–water partition coefficient (Wildman–Crippen LogP) is 2.92. The van der Waals surface area contributed by atoms with Crippen LogP contribution in [-0.4, -0.2) is 23.1 Å². The highest BCUT2D eigenvalue weighted by molar-refractivity contribution is 5.55. The van der Waals surface area contributed by atoms with E-state index in [1.54, 1.807) is 6.33 Å². The molecule has 4 nitrogen and oxygen atoms in total. The second-order valence-corrected chi connectivity index (χ2v) is 6.26. The number of hydrogen-bond acceptors (Lipinski definition) is 4. The summed E-state index contributed by atoms with van der Waals surface area (Å²) in [6, 6.07) is 0. The van der Waals surface area contributed by atoms with Crippen LogP contribution in [0.5, 0.6) is 0 Å². The molecule has 2 aliphatic rings. The quantitative estimate of drug-likeness (QED) is 0.843. The Morgan fingerprint density at radius 1 is 1.05 bits per heavy atom. The molecule has 1 aromatic heterocycles. The van der Waals surface area contributed by atoms with Crippen LogP contribution in [0.4, 0.5) is 11.6 Å². The number of aromatic nitrogens is 2. The van der Waals surface area contributed by atoms with Crippen molar-refractivity contribution in [2.45, 2.75) is 51.9 Å². The molecular weight excluding hydrogens is 236 g/mol. The van der Waals surface area contributed by atoms with Gasteiger partial charge in [-0.15, -0.1) is 0 Å².